The van der Waals surface area contributed by atoms with Crippen LogP contribution in [-0.2, 0) is 14.6 Å². The SMILES string of the molecule is CC[C@H]1C(O)C2C(CC[C@@]3(C)C2CC[C@@H]3[C@H](C)CCOS(=O)(=O)O)[C@@]2(C)CC[C@@H](O)CC12. The summed E-state index contributed by atoms with van der Waals surface area (Å²) >= 11 is 0. The lowest BCUT2D eigenvalue weighted by Crippen LogP contribution is -2.62. The molecule has 11 atom stereocenters. The molecule has 186 valence electrons. The predicted molar refractivity (Wildman–Crippen MR) is 123 cm³/mol. The van der Waals surface area contributed by atoms with Gasteiger partial charge in [0.2, 0.25) is 0 Å². The molecule has 6 nitrogen and oxygen atoms in total. The Morgan fingerprint density at radius 2 is 1.66 bits per heavy atom. The van der Waals surface area contributed by atoms with Gasteiger partial charge in [0, 0.05) is 0 Å². The van der Waals surface area contributed by atoms with Crippen LogP contribution in [0.15, 0.2) is 0 Å². The van der Waals surface area contributed by atoms with Crippen molar-refractivity contribution >= 4 is 10.4 Å². The molecule has 0 spiro atoms. The van der Waals surface area contributed by atoms with E-state index in [1.807, 2.05) is 0 Å². The molecule has 0 aromatic rings. The molecular formula is C25H44O6S. The molecule has 0 aromatic heterocycles. The molecule has 32 heavy (non-hydrogen) atoms. The highest BCUT2D eigenvalue weighted by atomic mass is 32.3. The van der Waals surface area contributed by atoms with Crippen LogP contribution in [0.1, 0.15) is 85.5 Å². The first kappa shape index (κ1) is 24.9. The van der Waals surface area contributed by atoms with Crippen LogP contribution >= 0.6 is 0 Å². The quantitative estimate of drug-likeness (QED) is 0.493. The fourth-order valence-electron chi connectivity index (χ4n) is 9.47. The molecule has 0 radical (unpaired) electrons. The van der Waals surface area contributed by atoms with Gasteiger partial charge in [-0.15, -0.1) is 0 Å². The van der Waals surface area contributed by atoms with Crippen LogP contribution in [0.3, 0.4) is 0 Å². The Hall–Kier alpha value is -0.210. The molecule has 0 heterocycles. The van der Waals surface area contributed by atoms with E-state index in [4.69, 9.17) is 4.55 Å². The minimum atomic E-state index is -4.39. The van der Waals surface area contributed by atoms with Crippen molar-refractivity contribution in [2.45, 2.75) is 97.7 Å². The van der Waals surface area contributed by atoms with Crippen molar-refractivity contribution in [3.8, 4) is 0 Å². The summed E-state index contributed by atoms with van der Waals surface area (Å²) in [4.78, 5) is 0. The molecule has 5 unspecified atom stereocenters. The van der Waals surface area contributed by atoms with Crippen molar-refractivity contribution < 1.29 is 27.4 Å². The first-order valence-corrected chi connectivity index (χ1v) is 14.3. The first-order chi connectivity index (χ1) is 14.9. The summed E-state index contributed by atoms with van der Waals surface area (Å²) in [5.41, 5.74) is 0.355. The number of aliphatic hydroxyl groups is 2. The molecule has 4 fully saturated rings. The molecule has 0 amide bonds. The Labute approximate surface area is 194 Å². The largest absolute Gasteiger partial charge is 0.397 e. The molecule has 0 aliphatic heterocycles. The zero-order valence-corrected chi connectivity index (χ0v) is 21.1. The van der Waals surface area contributed by atoms with Gasteiger partial charge in [0.25, 0.3) is 0 Å². The molecule has 4 aliphatic carbocycles. The summed E-state index contributed by atoms with van der Waals surface area (Å²) < 4.78 is 35.4. The third-order valence-corrected chi connectivity index (χ3v) is 11.4. The van der Waals surface area contributed by atoms with Gasteiger partial charge >= 0.3 is 10.4 Å². The summed E-state index contributed by atoms with van der Waals surface area (Å²) in [7, 11) is -4.39. The normalized spacial score (nSPS) is 49.7. The smallest absolute Gasteiger partial charge is 0.393 e. The lowest BCUT2D eigenvalue weighted by Gasteiger charge is -2.64. The summed E-state index contributed by atoms with van der Waals surface area (Å²) in [5.74, 6) is 2.78. The zero-order chi connectivity index (χ0) is 23.5. The minimum Gasteiger partial charge on any atom is -0.393 e. The van der Waals surface area contributed by atoms with Crippen molar-refractivity contribution in [2.75, 3.05) is 6.61 Å². The van der Waals surface area contributed by atoms with Gasteiger partial charge in [-0.25, -0.2) is 4.18 Å². The van der Waals surface area contributed by atoms with Gasteiger partial charge in [-0.2, -0.15) is 8.42 Å². The predicted octanol–water partition coefficient (Wildman–Crippen LogP) is 4.46. The highest BCUT2D eigenvalue weighted by Gasteiger charge is 2.64. The average molecular weight is 473 g/mol. The third kappa shape index (κ3) is 4.08. The molecule has 4 aliphatic rings. The van der Waals surface area contributed by atoms with Gasteiger partial charge in [0.05, 0.1) is 18.8 Å². The highest BCUT2D eigenvalue weighted by Crippen LogP contribution is 2.69. The van der Waals surface area contributed by atoms with E-state index >= 15 is 0 Å². The van der Waals surface area contributed by atoms with Crippen molar-refractivity contribution in [3.05, 3.63) is 0 Å². The van der Waals surface area contributed by atoms with Crippen LogP contribution in [0.25, 0.3) is 0 Å². The molecule has 0 aromatic carbocycles. The van der Waals surface area contributed by atoms with Crippen LogP contribution in [0.5, 0.6) is 0 Å². The molecule has 7 heteroatoms. The molecule has 0 bridgehead atoms. The number of rotatable bonds is 6. The number of fused-ring (bicyclic) bond motifs is 5. The summed E-state index contributed by atoms with van der Waals surface area (Å²) in [6.45, 7) is 9.28. The van der Waals surface area contributed by atoms with Crippen LogP contribution < -0.4 is 0 Å². The van der Waals surface area contributed by atoms with Crippen LogP contribution in [0.2, 0.25) is 0 Å². The van der Waals surface area contributed by atoms with Crippen molar-refractivity contribution in [1.82, 2.24) is 0 Å². The topological polar surface area (TPSA) is 104 Å². The molecule has 0 saturated heterocycles. The Morgan fingerprint density at radius 3 is 2.31 bits per heavy atom. The second-order valence-electron chi connectivity index (χ2n) is 12.1. The van der Waals surface area contributed by atoms with E-state index in [0.717, 1.165) is 51.4 Å². The zero-order valence-electron chi connectivity index (χ0n) is 20.2. The maximum absolute atomic E-state index is 11.7. The molecular weight excluding hydrogens is 428 g/mol. The van der Waals surface area contributed by atoms with Gasteiger partial charge in [0.15, 0.2) is 0 Å². The van der Waals surface area contributed by atoms with Gasteiger partial charge in [-0.05, 0) is 104 Å². The fourth-order valence-corrected chi connectivity index (χ4v) is 9.78. The van der Waals surface area contributed by atoms with Crippen LogP contribution in [-0.4, -0.2) is 42.0 Å². The number of hydrogen-bond acceptors (Lipinski definition) is 5. The van der Waals surface area contributed by atoms with Crippen molar-refractivity contribution in [1.29, 1.82) is 0 Å². The second-order valence-corrected chi connectivity index (χ2v) is 13.2. The third-order valence-electron chi connectivity index (χ3n) is 11.0. The summed E-state index contributed by atoms with van der Waals surface area (Å²) in [6, 6.07) is 0. The van der Waals surface area contributed by atoms with Crippen molar-refractivity contribution in [2.24, 2.45) is 52.3 Å². The summed E-state index contributed by atoms with van der Waals surface area (Å²) in [6.07, 6.45) is 8.38. The second kappa shape index (κ2) is 8.78. The van der Waals surface area contributed by atoms with Crippen LogP contribution in [0.4, 0.5) is 0 Å². The summed E-state index contributed by atoms with van der Waals surface area (Å²) in [5, 5.41) is 22.1. The number of aliphatic hydroxyl groups excluding tert-OH is 2. The van der Waals surface area contributed by atoms with E-state index in [-0.39, 0.29) is 35.6 Å². The monoisotopic (exact) mass is 472 g/mol. The van der Waals surface area contributed by atoms with Gasteiger partial charge in [0.1, 0.15) is 0 Å². The standard InChI is InChI=1S/C25H44O6S/c1-5-17-21-14-16(26)8-11-25(21,4)20-9-12-24(3)18(6-7-19(24)22(20)23(17)27)15(2)10-13-31-32(28,29)30/h15-23,26-27H,5-14H2,1-4H3,(H,28,29,30)/t15-,16-,17-,18-,19?,20?,21?,22?,23?,24-,25-/m1/s1. The van der Waals surface area contributed by atoms with E-state index in [2.05, 4.69) is 31.9 Å². The maximum atomic E-state index is 11.7. The van der Waals surface area contributed by atoms with Gasteiger partial charge in [-0.3, -0.25) is 4.55 Å². The van der Waals surface area contributed by atoms with E-state index in [0.29, 0.717) is 41.9 Å². The fraction of sp³-hybridized carbons (Fsp3) is 1.00. The number of hydrogen-bond donors (Lipinski definition) is 3. The van der Waals surface area contributed by atoms with E-state index in [1.54, 1.807) is 0 Å². The Kier molecular flexibility index (Phi) is 6.83. The Balaban J connectivity index is 1.56. The van der Waals surface area contributed by atoms with Gasteiger partial charge < -0.3 is 10.2 Å². The lowest BCUT2D eigenvalue weighted by atomic mass is 9.41. The minimum absolute atomic E-state index is 0.0198. The molecule has 4 rings (SSSR count). The first-order valence-electron chi connectivity index (χ1n) is 12.9. The van der Waals surface area contributed by atoms with Gasteiger partial charge in [-0.1, -0.05) is 34.1 Å². The Morgan fingerprint density at radius 1 is 1.00 bits per heavy atom. The van der Waals surface area contributed by atoms with E-state index in [1.165, 1.54) is 0 Å². The maximum Gasteiger partial charge on any atom is 0.397 e. The molecule has 3 N–H and O–H groups in total. The average Bonchev–Trinajstić information content (AvgIpc) is 3.06. The molecule has 4 saturated carbocycles. The lowest BCUT2D eigenvalue weighted by molar-refractivity contribution is -0.203. The van der Waals surface area contributed by atoms with E-state index in [9.17, 15) is 18.6 Å². The van der Waals surface area contributed by atoms with Crippen LogP contribution in [0, 0.1) is 52.3 Å². The van der Waals surface area contributed by atoms with Crippen molar-refractivity contribution in [3.63, 3.8) is 0 Å². The highest BCUT2D eigenvalue weighted by molar-refractivity contribution is 7.80. The Bertz CT molecular complexity index is 785. The van der Waals surface area contributed by atoms with E-state index < -0.39 is 10.4 Å².